The maximum atomic E-state index is 9.00. The molecule has 6 nitrogen and oxygen atoms in total. The zero-order valence-electron chi connectivity index (χ0n) is 18.8. The number of carboxylic acid groups (broad SMARTS) is 1. The Morgan fingerprint density at radius 1 is 0.935 bits per heavy atom. The summed E-state index contributed by atoms with van der Waals surface area (Å²) in [4.78, 5) is 13.9. The van der Waals surface area contributed by atoms with E-state index in [1.165, 1.54) is 42.9 Å². The number of aliphatic carboxylic acids is 1. The van der Waals surface area contributed by atoms with Crippen LogP contribution in [0.25, 0.3) is 0 Å². The van der Waals surface area contributed by atoms with Gasteiger partial charge in [0.15, 0.2) is 0 Å². The van der Waals surface area contributed by atoms with E-state index in [1.54, 1.807) is 7.11 Å². The van der Waals surface area contributed by atoms with Crippen molar-refractivity contribution in [3.8, 4) is 11.5 Å². The van der Waals surface area contributed by atoms with Gasteiger partial charge in [-0.25, -0.2) is 0 Å². The molecule has 2 aliphatic heterocycles. The SMILES string of the molecule is CC(=O)O.COc1ccc(C)c(N2CCC(Oc3ccc(N4CCCC4)cc3)CC2)c1. The van der Waals surface area contributed by atoms with E-state index in [2.05, 4.69) is 53.1 Å². The Morgan fingerprint density at radius 2 is 1.52 bits per heavy atom. The van der Waals surface area contributed by atoms with Gasteiger partial charge in [-0.2, -0.15) is 0 Å². The van der Waals surface area contributed by atoms with Crippen LogP contribution in [0.5, 0.6) is 11.5 Å². The van der Waals surface area contributed by atoms with Crippen molar-refractivity contribution in [3.05, 3.63) is 48.0 Å². The number of rotatable bonds is 5. The lowest BCUT2D eigenvalue weighted by molar-refractivity contribution is -0.134. The third-order valence-corrected chi connectivity index (χ3v) is 5.81. The number of nitrogens with zero attached hydrogens (tertiary/aromatic N) is 2. The number of ether oxygens (including phenoxy) is 2. The van der Waals surface area contributed by atoms with Crippen LogP contribution >= 0.6 is 0 Å². The van der Waals surface area contributed by atoms with E-state index < -0.39 is 5.97 Å². The van der Waals surface area contributed by atoms with Crippen LogP contribution in [0.4, 0.5) is 11.4 Å². The smallest absolute Gasteiger partial charge is 0.300 e. The number of anilines is 2. The molecule has 2 fully saturated rings. The summed E-state index contributed by atoms with van der Waals surface area (Å²) in [7, 11) is 1.73. The third-order valence-electron chi connectivity index (χ3n) is 5.81. The van der Waals surface area contributed by atoms with Crippen LogP contribution < -0.4 is 19.3 Å². The summed E-state index contributed by atoms with van der Waals surface area (Å²) in [5.41, 5.74) is 3.90. The summed E-state index contributed by atoms with van der Waals surface area (Å²) in [5, 5.41) is 7.42. The van der Waals surface area contributed by atoms with E-state index in [0.717, 1.165) is 44.4 Å². The van der Waals surface area contributed by atoms with Gasteiger partial charge in [-0.3, -0.25) is 4.79 Å². The maximum Gasteiger partial charge on any atom is 0.300 e. The number of hydrogen-bond donors (Lipinski definition) is 1. The number of methoxy groups -OCH3 is 1. The molecule has 0 radical (unpaired) electrons. The minimum Gasteiger partial charge on any atom is -0.497 e. The van der Waals surface area contributed by atoms with E-state index in [-0.39, 0.29) is 0 Å². The van der Waals surface area contributed by atoms with Crippen molar-refractivity contribution in [3.63, 3.8) is 0 Å². The molecule has 31 heavy (non-hydrogen) atoms. The summed E-state index contributed by atoms with van der Waals surface area (Å²) >= 11 is 0. The summed E-state index contributed by atoms with van der Waals surface area (Å²) in [6, 6.07) is 15.0. The second-order valence-electron chi connectivity index (χ2n) is 8.16. The lowest BCUT2D eigenvalue weighted by atomic mass is 10.0. The molecule has 0 spiro atoms. The Morgan fingerprint density at radius 3 is 2.10 bits per heavy atom. The van der Waals surface area contributed by atoms with Crippen LogP contribution in [0, 0.1) is 6.92 Å². The number of benzene rings is 2. The first-order valence-electron chi connectivity index (χ1n) is 11.1. The molecule has 0 bridgehead atoms. The van der Waals surface area contributed by atoms with Crippen molar-refractivity contribution in [1.82, 2.24) is 0 Å². The van der Waals surface area contributed by atoms with Crippen molar-refractivity contribution in [1.29, 1.82) is 0 Å². The van der Waals surface area contributed by atoms with E-state index >= 15 is 0 Å². The fourth-order valence-corrected chi connectivity index (χ4v) is 4.17. The predicted octanol–water partition coefficient (Wildman–Crippen LogP) is 4.74. The molecule has 168 valence electrons. The Kier molecular flexibility index (Phi) is 8.04. The van der Waals surface area contributed by atoms with E-state index in [1.807, 2.05) is 6.07 Å². The Hall–Kier alpha value is -2.89. The van der Waals surface area contributed by atoms with Crippen molar-refractivity contribution in [2.75, 3.05) is 43.1 Å². The maximum absolute atomic E-state index is 9.00. The van der Waals surface area contributed by atoms with Gasteiger partial charge in [0.2, 0.25) is 0 Å². The van der Waals surface area contributed by atoms with Crippen molar-refractivity contribution in [2.24, 2.45) is 0 Å². The topological polar surface area (TPSA) is 62.2 Å². The van der Waals surface area contributed by atoms with Crippen LogP contribution in [-0.4, -0.2) is 50.5 Å². The average Bonchev–Trinajstić information content (AvgIpc) is 3.30. The minimum atomic E-state index is -0.833. The average molecular weight is 427 g/mol. The van der Waals surface area contributed by atoms with Crippen LogP contribution in [0.3, 0.4) is 0 Å². The molecule has 0 aromatic heterocycles. The van der Waals surface area contributed by atoms with Gasteiger partial charge >= 0.3 is 0 Å². The molecule has 0 aliphatic carbocycles. The lowest BCUT2D eigenvalue weighted by Gasteiger charge is -2.34. The molecule has 4 rings (SSSR count). The quantitative estimate of drug-likeness (QED) is 0.745. The summed E-state index contributed by atoms with van der Waals surface area (Å²) in [6.07, 6.45) is 5.01. The number of aryl methyl sites for hydroxylation is 1. The van der Waals surface area contributed by atoms with Crippen molar-refractivity contribution in [2.45, 2.75) is 45.6 Å². The fourth-order valence-electron chi connectivity index (χ4n) is 4.17. The molecule has 0 saturated carbocycles. The molecule has 2 aliphatic rings. The highest BCUT2D eigenvalue weighted by molar-refractivity contribution is 5.63. The van der Waals surface area contributed by atoms with Crippen LogP contribution in [-0.2, 0) is 4.79 Å². The first-order chi connectivity index (χ1) is 15.0. The highest BCUT2D eigenvalue weighted by Crippen LogP contribution is 2.30. The summed E-state index contributed by atoms with van der Waals surface area (Å²) in [6.45, 7) is 7.65. The molecular formula is C25H34N2O4. The molecule has 0 atom stereocenters. The van der Waals surface area contributed by atoms with Crippen LogP contribution in [0.2, 0.25) is 0 Å². The second-order valence-corrected chi connectivity index (χ2v) is 8.16. The zero-order valence-corrected chi connectivity index (χ0v) is 18.8. The molecule has 2 saturated heterocycles. The highest BCUT2D eigenvalue weighted by atomic mass is 16.5. The molecule has 0 amide bonds. The van der Waals surface area contributed by atoms with Gasteiger partial charge in [0.25, 0.3) is 5.97 Å². The number of carboxylic acids is 1. The molecule has 2 aromatic carbocycles. The van der Waals surface area contributed by atoms with Crippen LogP contribution in [0.1, 0.15) is 38.2 Å². The first kappa shape index (κ1) is 22.8. The zero-order chi connectivity index (χ0) is 22.2. The standard InChI is InChI=1S/C23H30N2O2.C2H4O2/c1-18-5-8-22(26-2)17-23(18)25-15-11-21(12-16-25)27-20-9-6-19(7-10-20)24-13-3-4-14-24;1-2(3)4/h5-10,17,21H,3-4,11-16H2,1-2H3;1H3,(H,3,4). The second kappa shape index (κ2) is 10.9. The Balaban J connectivity index is 0.000000628. The molecular weight excluding hydrogens is 392 g/mol. The molecule has 2 aromatic rings. The highest BCUT2D eigenvalue weighted by Gasteiger charge is 2.22. The largest absolute Gasteiger partial charge is 0.497 e. The molecule has 0 unspecified atom stereocenters. The lowest BCUT2D eigenvalue weighted by Crippen LogP contribution is -2.38. The number of hydrogen-bond acceptors (Lipinski definition) is 5. The monoisotopic (exact) mass is 426 g/mol. The van der Waals surface area contributed by atoms with Gasteiger partial charge in [0.05, 0.1) is 7.11 Å². The van der Waals surface area contributed by atoms with Gasteiger partial charge in [-0.1, -0.05) is 6.07 Å². The van der Waals surface area contributed by atoms with Crippen LogP contribution in [0.15, 0.2) is 42.5 Å². The van der Waals surface area contributed by atoms with Gasteiger partial charge < -0.3 is 24.4 Å². The third kappa shape index (κ3) is 6.54. The van der Waals surface area contributed by atoms with E-state index in [4.69, 9.17) is 19.4 Å². The first-order valence-corrected chi connectivity index (χ1v) is 11.1. The van der Waals surface area contributed by atoms with E-state index in [0.29, 0.717) is 6.10 Å². The summed E-state index contributed by atoms with van der Waals surface area (Å²) < 4.78 is 11.7. The Bertz CT molecular complexity index is 835. The Labute approximate surface area is 185 Å². The van der Waals surface area contributed by atoms with Crippen molar-refractivity contribution >= 4 is 17.3 Å². The van der Waals surface area contributed by atoms with Gasteiger partial charge in [-0.15, -0.1) is 0 Å². The number of carbonyl (C=O) groups is 1. The van der Waals surface area contributed by atoms with Gasteiger partial charge in [0, 0.05) is 63.4 Å². The predicted molar refractivity (Wildman–Crippen MR) is 125 cm³/mol. The summed E-state index contributed by atoms with van der Waals surface area (Å²) in [5.74, 6) is 1.08. The van der Waals surface area contributed by atoms with Gasteiger partial charge in [-0.05, 0) is 55.7 Å². The number of piperidine rings is 1. The minimum absolute atomic E-state index is 0.296. The molecule has 1 N–H and O–H groups in total. The van der Waals surface area contributed by atoms with E-state index in [9.17, 15) is 0 Å². The van der Waals surface area contributed by atoms with Gasteiger partial charge in [0.1, 0.15) is 17.6 Å². The van der Waals surface area contributed by atoms with Crippen molar-refractivity contribution < 1.29 is 19.4 Å². The normalized spacial score (nSPS) is 16.5. The fraction of sp³-hybridized carbons (Fsp3) is 0.480. The molecule has 6 heteroatoms. The molecule has 2 heterocycles.